The van der Waals surface area contributed by atoms with E-state index in [1.165, 1.54) is 25.1 Å². The number of nitrogens with zero attached hydrogens (tertiary/aromatic N) is 2. The van der Waals surface area contributed by atoms with E-state index in [4.69, 9.17) is 4.74 Å². The summed E-state index contributed by atoms with van der Waals surface area (Å²) in [7, 11) is 0. The number of amides is 1. The fourth-order valence-electron chi connectivity index (χ4n) is 4.13. The lowest BCUT2D eigenvalue weighted by Crippen LogP contribution is -2.70. The summed E-state index contributed by atoms with van der Waals surface area (Å²) >= 11 is 0. The Morgan fingerprint density at radius 3 is 3.00 bits per heavy atom. The average molecular weight is 303 g/mol. The van der Waals surface area contributed by atoms with Crippen LogP contribution in [0.15, 0.2) is 18.3 Å². The van der Waals surface area contributed by atoms with E-state index in [2.05, 4.69) is 15.2 Å². The Hall–Kier alpha value is -1.66. The molecule has 1 aromatic rings. The van der Waals surface area contributed by atoms with E-state index in [9.17, 15) is 9.90 Å². The number of pyridine rings is 1. The minimum atomic E-state index is -0.294. The van der Waals surface area contributed by atoms with E-state index in [-0.39, 0.29) is 35.5 Å². The van der Waals surface area contributed by atoms with Crippen molar-refractivity contribution in [3.8, 4) is 5.75 Å². The lowest BCUT2D eigenvalue weighted by Gasteiger charge is -2.51. The molecule has 2 saturated heterocycles. The first-order chi connectivity index (χ1) is 10.8. The topological polar surface area (TPSA) is 74.7 Å². The molecule has 0 unspecified atom stereocenters. The minimum absolute atomic E-state index is 0.0729. The summed E-state index contributed by atoms with van der Waals surface area (Å²) in [5.41, 5.74) is 0.102. The highest BCUT2D eigenvalue weighted by Gasteiger charge is 2.56. The molecule has 118 valence electrons. The molecule has 6 nitrogen and oxygen atoms in total. The SMILES string of the molecule is O=C(N[C@H]1[C@H]2CCO[C@H]2[C@@H]1N1CCCC1)c1ncccc1O. The molecule has 0 radical (unpaired) electrons. The Morgan fingerprint density at radius 1 is 1.41 bits per heavy atom. The summed E-state index contributed by atoms with van der Waals surface area (Å²) in [6, 6.07) is 3.47. The summed E-state index contributed by atoms with van der Waals surface area (Å²) in [5.74, 6) is 0.0225. The van der Waals surface area contributed by atoms with Crippen molar-refractivity contribution in [3.63, 3.8) is 0 Å². The second kappa shape index (κ2) is 5.52. The molecule has 1 amide bonds. The summed E-state index contributed by atoms with van der Waals surface area (Å²) in [6.45, 7) is 2.94. The number of hydrogen-bond donors (Lipinski definition) is 2. The van der Waals surface area contributed by atoms with Gasteiger partial charge >= 0.3 is 0 Å². The Bertz CT molecular complexity index is 569. The maximum absolute atomic E-state index is 12.4. The molecule has 2 aliphatic heterocycles. The number of nitrogens with one attached hydrogen (secondary N) is 1. The number of fused-ring (bicyclic) bond motifs is 1. The molecule has 1 saturated carbocycles. The van der Waals surface area contributed by atoms with Crippen molar-refractivity contribution in [1.29, 1.82) is 0 Å². The highest BCUT2D eigenvalue weighted by atomic mass is 16.5. The molecule has 2 N–H and O–H groups in total. The van der Waals surface area contributed by atoms with E-state index in [0.717, 1.165) is 26.1 Å². The van der Waals surface area contributed by atoms with Crippen LogP contribution in [0, 0.1) is 5.92 Å². The van der Waals surface area contributed by atoms with E-state index < -0.39 is 0 Å². The molecule has 1 aromatic heterocycles. The van der Waals surface area contributed by atoms with Crippen LogP contribution in [0.25, 0.3) is 0 Å². The standard InChI is InChI=1S/C16H21N3O3/c20-11-4-3-6-17-13(11)16(21)18-12-10-5-9-22-15(10)14(12)19-7-1-2-8-19/h3-4,6,10,12,14-15,20H,1-2,5,7-9H2,(H,18,21)/t10-,12+,14-,15-/m1/s1. The lowest BCUT2D eigenvalue weighted by atomic mass is 9.70. The van der Waals surface area contributed by atoms with Crippen LogP contribution in [0.4, 0.5) is 0 Å². The van der Waals surface area contributed by atoms with Gasteiger partial charge in [-0.25, -0.2) is 4.98 Å². The third kappa shape index (κ3) is 2.18. The van der Waals surface area contributed by atoms with Crippen molar-refractivity contribution in [2.45, 2.75) is 37.5 Å². The second-order valence-electron chi connectivity index (χ2n) is 6.39. The predicted octanol–water partition coefficient (Wildman–Crippen LogP) is 0.769. The van der Waals surface area contributed by atoms with Gasteiger partial charge in [-0.2, -0.15) is 0 Å². The molecule has 0 spiro atoms. The minimum Gasteiger partial charge on any atom is -0.505 e. The van der Waals surface area contributed by atoms with Gasteiger partial charge in [0.1, 0.15) is 5.75 Å². The highest BCUT2D eigenvalue weighted by molar-refractivity contribution is 5.95. The van der Waals surface area contributed by atoms with Gasteiger partial charge in [-0.05, 0) is 44.5 Å². The molecule has 0 aromatic carbocycles. The zero-order chi connectivity index (χ0) is 15.1. The molecule has 0 bridgehead atoms. The first kappa shape index (κ1) is 14.0. The first-order valence-electron chi connectivity index (χ1n) is 8.06. The van der Waals surface area contributed by atoms with Crippen LogP contribution >= 0.6 is 0 Å². The molecule has 22 heavy (non-hydrogen) atoms. The number of hydrogen-bond acceptors (Lipinski definition) is 5. The van der Waals surface area contributed by atoms with E-state index in [1.54, 1.807) is 6.07 Å². The summed E-state index contributed by atoms with van der Waals surface area (Å²) < 4.78 is 5.86. The van der Waals surface area contributed by atoms with Gasteiger partial charge in [0.25, 0.3) is 5.91 Å². The Kier molecular flexibility index (Phi) is 3.50. The van der Waals surface area contributed by atoms with Crippen LogP contribution in [0.1, 0.15) is 29.8 Å². The van der Waals surface area contributed by atoms with Gasteiger partial charge < -0.3 is 15.2 Å². The van der Waals surface area contributed by atoms with Crippen molar-refractivity contribution < 1.29 is 14.6 Å². The second-order valence-corrected chi connectivity index (χ2v) is 6.39. The largest absolute Gasteiger partial charge is 0.505 e. The lowest BCUT2D eigenvalue weighted by molar-refractivity contribution is -0.0748. The molecule has 6 heteroatoms. The van der Waals surface area contributed by atoms with Crippen LogP contribution in [0.2, 0.25) is 0 Å². The van der Waals surface area contributed by atoms with E-state index in [1.807, 2.05) is 0 Å². The summed E-state index contributed by atoms with van der Waals surface area (Å²) in [4.78, 5) is 18.9. The van der Waals surface area contributed by atoms with Gasteiger partial charge in [0.15, 0.2) is 5.69 Å². The van der Waals surface area contributed by atoms with Crippen molar-refractivity contribution >= 4 is 5.91 Å². The number of rotatable bonds is 3. The number of likely N-dealkylation sites (tertiary alicyclic amines) is 1. The molecule has 3 fully saturated rings. The maximum atomic E-state index is 12.4. The Morgan fingerprint density at radius 2 is 2.23 bits per heavy atom. The number of ether oxygens (including phenoxy) is 1. The quantitative estimate of drug-likeness (QED) is 0.863. The zero-order valence-electron chi connectivity index (χ0n) is 12.4. The van der Waals surface area contributed by atoms with Crippen LogP contribution in [0.5, 0.6) is 5.75 Å². The van der Waals surface area contributed by atoms with E-state index >= 15 is 0 Å². The summed E-state index contributed by atoms with van der Waals surface area (Å²) in [6.07, 6.45) is 5.20. The third-order valence-electron chi connectivity index (χ3n) is 5.21. The van der Waals surface area contributed by atoms with Gasteiger partial charge in [0.05, 0.1) is 18.2 Å². The van der Waals surface area contributed by atoms with Crippen molar-refractivity contribution in [1.82, 2.24) is 15.2 Å². The molecule has 3 aliphatic rings. The summed E-state index contributed by atoms with van der Waals surface area (Å²) in [5, 5.41) is 12.9. The fraction of sp³-hybridized carbons (Fsp3) is 0.625. The molecule has 3 heterocycles. The molecule has 1 aliphatic carbocycles. The third-order valence-corrected chi connectivity index (χ3v) is 5.21. The monoisotopic (exact) mass is 303 g/mol. The number of carbonyl (C=O) groups excluding carboxylic acids is 1. The maximum Gasteiger partial charge on any atom is 0.274 e. The van der Waals surface area contributed by atoms with Crippen LogP contribution in [-0.2, 0) is 4.74 Å². The van der Waals surface area contributed by atoms with Crippen LogP contribution < -0.4 is 5.32 Å². The van der Waals surface area contributed by atoms with Crippen molar-refractivity contribution in [2.75, 3.05) is 19.7 Å². The smallest absolute Gasteiger partial charge is 0.274 e. The fourth-order valence-corrected chi connectivity index (χ4v) is 4.13. The molecular formula is C16H21N3O3. The molecule has 4 rings (SSSR count). The predicted molar refractivity (Wildman–Crippen MR) is 79.6 cm³/mol. The Labute approximate surface area is 129 Å². The number of carbonyl (C=O) groups is 1. The molecular weight excluding hydrogens is 282 g/mol. The Balaban J connectivity index is 1.50. The van der Waals surface area contributed by atoms with Crippen molar-refractivity contribution in [2.24, 2.45) is 5.92 Å². The van der Waals surface area contributed by atoms with Crippen LogP contribution in [0.3, 0.4) is 0 Å². The van der Waals surface area contributed by atoms with Gasteiger partial charge in [0, 0.05) is 18.7 Å². The number of aromatic nitrogens is 1. The molecule has 4 atom stereocenters. The zero-order valence-corrected chi connectivity index (χ0v) is 12.4. The first-order valence-corrected chi connectivity index (χ1v) is 8.06. The van der Waals surface area contributed by atoms with Crippen LogP contribution in [-0.4, -0.2) is 58.8 Å². The van der Waals surface area contributed by atoms with Gasteiger partial charge in [-0.3, -0.25) is 9.69 Å². The normalized spacial score (nSPS) is 34.2. The highest BCUT2D eigenvalue weighted by Crippen LogP contribution is 2.43. The van der Waals surface area contributed by atoms with Crippen molar-refractivity contribution in [3.05, 3.63) is 24.0 Å². The van der Waals surface area contributed by atoms with E-state index in [0.29, 0.717) is 5.92 Å². The van der Waals surface area contributed by atoms with Gasteiger partial charge in [-0.15, -0.1) is 0 Å². The average Bonchev–Trinajstić information content (AvgIpc) is 3.16. The van der Waals surface area contributed by atoms with Gasteiger partial charge in [-0.1, -0.05) is 0 Å². The van der Waals surface area contributed by atoms with Gasteiger partial charge in [0.2, 0.25) is 0 Å². The number of aromatic hydroxyl groups is 1.